The van der Waals surface area contributed by atoms with Crippen molar-refractivity contribution in [2.75, 3.05) is 6.54 Å². The van der Waals surface area contributed by atoms with Gasteiger partial charge in [0.05, 0.1) is 10.6 Å². The summed E-state index contributed by atoms with van der Waals surface area (Å²) in [6.45, 7) is 12.4. The molecule has 0 saturated carbocycles. The van der Waals surface area contributed by atoms with E-state index in [1.807, 2.05) is 41.5 Å². The number of thiophene rings is 1. The molecular formula is C17H25N3O2S2. The number of nitrogens with zero attached hydrogens (tertiary/aromatic N) is 2. The van der Waals surface area contributed by atoms with Gasteiger partial charge in [-0.1, -0.05) is 18.7 Å². The molecule has 0 spiro atoms. The number of amides is 1. The van der Waals surface area contributed by atoms with Gasteiger partial charge in [0.25, 0.3) is 5.56 Å². The summed E-state index contributed by atoms with van der Waals surface area (Å²) in [4.78, 5) is 31.7. The van der Waals surface area contributed by atoms with Gasteiger partial charge in [0.15, 0.2) is 5.16 Å². The number of carbonyl (C=O) groups is 1. The highest BCUT2D eigenvalue weighted by atomic mass is 32.2. The van der Waals surface area contributed by atoms with Crippen LogP contribution < -0.4 is 10.9 Å². The number of rotatable bonds is 6. The second-order valence-corrected chi connectivity index (χ2v) is 8.69. The molecule has 1 atom stereocenters. The first kappa shape index (κ1) is 19.0. The molecule has 2 aromatic heterocycles. The molecule has 132 valence electrons. The van der Waals surface area contributed by atoms with Crippen molar-refractivity contribution in [3.8, 4) is 0 Å². The van der Waals surface area contributed by atoms with E-state index in [4.69, 9.17) is 4.98 Å². The Balaban J connectivity index is 2.47. The molecule has 0 bridgehead atoms. The van der Waals surface area contributed by atoms with Crippen LogP contribution in [0.3, 0.4) is 0 Å². The molecule has 2 heterocycles. The van der Waals surface area contributed by atoms with E-state index in [1.54, 1.807) is 4.57 Å². The molecule has 0 radical (unpaired) electrons. The minimum atomic E-state index is -0.298. The van der Waals surface area contributed by atoms with E-state index in [0.717, 1.165) is 21.7 Å². The van der Waals surface area contributed by atoms with E-state index < -0.39 is 0 Å². The van der Waals surface area contributed by atoms with E-state index in [-0.39, 0.29) is 22.8 Å². The number of hydrogen-bond acceptors (Lipinski definition) is 5. The van der Waals surface area contributed by atoms with Crippen LogP contribution in [-0.2, 0) is 4.79 Å². The van der Waals surface area contributed by atoms with Crippen LogP contribution in [0.25, 0.3) is 10.2 Å². The van der Waals surface area contributed by atoms with Crippen LogP contribution in [0.1, 0.15) is 50.6 Å². The summed E-state index contributed by atoms with van der Waals surface area (Å²) in [7, 11) is 0. The lowest BCUT2D eigenvalue weighted by Crippen LogP contribution is -2.32. The molecule has 1 amide bonds. The maximum atomic E-state index is 13.0. The standard InChI is InChI=1S/C17H25N3O2S2/c1-7-8-18-14(21)12(6)24-17-19-15-13(10(4)11(5)23-15)16(22)20(17)9(2)3/h9,12H,7-8H2,1-6H3,(H,18,21)/t12-/m0/s1. The van der Waals surface area contributed by atoms with Crippen molar-refractivity contribution in [1.29, 1.82) is 0 Å². The summed E-state index contributed by atoms with van der Waals surface area (Å²) in [6.07, 6.45) is 0.901. The van der Waals surface area contributed by atoms with Gasteiger partial charge < -0.3 is 5.32 Å². The molecular weight excluding hydrogens is 342 g/mol. The summed E-state index contributed by atoms with van der Waals surface area (Å²) < 4.78 is 1.70. The number of nitrogens with one attached hydrogen (secondary N) is 1. The predicted molar refractivity (Wildman–Crippen MR) is 102 cm³/mol. The second-order valence-electron chi connectivity index (χ2n) is 6.18. The van der Waals surface area contributed by atoms with Gasteiger partial charge in [-0.2, -0.15) is 0 Å². The van der Waals surface area contributed by atoms with Crippen molar-refractivity contribution >= 4 is 39.2 Å². The van der Waals surface area contributed by atoms with Gasteiger partial charge in [0, 0.05) is 17.5 Å². The SMILES string of the molecule is CCCNC(=O)[C@H](C)Sc1nc2sc(C)c(C)c2c(=O)n1C(C)C. The zero-order chi connectivity index (χ0) is 18.0. The lowest BCUT2D eigenvalue weighted by molar-refractivity contribution is -0.120. The third kappa shape index (κ3) is 3.67. The Kier molecular flexibility index (Phi) is 6.09. The summed E-state index contributed by atoms with van der Waals surface area (Å²) in [5.74, 6) is -0.0231. The highest BCUT2D eigenvalue weighted by molar-refractivity contribution is 8.00. The second kappa shape index (κ2) is 7.70. The summed E-state index contributed by atoms with van der Waals surface area (Å²) in [5, 5.41) is 3.92. The smallest absolute Gasteiger partial charge is 0.263 e. The van der Waals surface area contributed by atoms with E-state index in [0.29, 0.717) is 17.1 Å². The van der Waals surface area contributed by atoms with Gasteiger partial charge in [-0.05, 0) is 46.6 Å². The quantitative estimate of drug-likeness (QED) is 0.625. The van der Waals surface area contributed by atoms with E-state index in [2.05, 4.69) is 5.32 Å². The average Bonchev–Trinajstić information content (AvgIpc) is 2.79. The van der Waals surface area contributed by atoms with Crippen LogP contribution in [0.2, 0.25) is 0 Å². The Hall–Kier alpha value is -1.34. The Morgan fingerprint density at radius 3 is 2.58 bits per heavy atom. The highest BCUT2D eigenvalue weighted by Gasteiger charge is 2.22. The fourth-order valence-electron chi connectivity index (χ4n) is 2.43. The molecule has 0 unspecified atom stereocenters. The largest absolute Gasteiger partial charge is 0.355 e. The molecule has 24 heavy (non-hydrogen) atoms. The maximum Gasteiger partial charge on any atom is 0.263 e. The zero-order valence-electron chi connectivity index (χ0n) is 15.1. The Morgan fingerprint density at radius 2 is 2.00 bits per heavy atom. The van der Waals surface area contributed by atoms with E-state index >= 15 is 0 Å². The first-order valence-corrected chi connectivity index (χ1v) is 9.94. The minimum absolute atomic E-state index is 0.0117. The first-order valence-electron chi connectivity index (χ1n) is 8.24. The topological polar surface area (TPSA) is 64.0 Å². The monoisotopic (exact) mass is 367 g/mol. The van der Waals surface area contributed by atoms with Crippen molar-refractivity contribution in [2.24, 2.45) is 0 Å². The van der Waals surface area contributed by atoms with Crippen molar-refractivity contribution in [2.45, 2.75) is 64.4 Å². The lowest BCUT2D eigenvalue weighted by Gasteiger charge is -2.18. The number of hydrogen-bond donors (Lipinski definition) is 1. The van der Waals surface area contributed by atoms with Gasteiger partial charge in [0.1, 0.15) is 4.83 Å². The van der Waals surface area contributed by atoms with Gasteiger partial charge in [0.2, 0.25) is 5.91 Å². The highest BCUT2D eigenvalue weighted by Crippen LogP contribution is 2.30. The Labute approximate surface area is 150 Å². The molecule has 7 heteroatoms. The Morgan fingerprint density at radius 1 is 1.33 bits per heavy atom. The number of aromatic nitrogens is 2. The molecule has 0 saturated heterocycles. The van der Waals surface area contributed by atoms with Crippen LogP contribution in [0.15, 0.2) is 9.95 Å². The number of carbonyl (C=O) groups excluding carboxylic acids is 1. The van der Waals surface area contributed by atoms with Crippen LogP contribution in [-0.4, -0.2) is 27.3 Å². The molecule has 0 aliphatic rings. The molecule has 1 N–H and O–H groups in total. The fraction of sp³-hybridized carbons (Fsp3) is 0.588. The van der Waals surface area contributed by atoms with Crippen molar-refractivity contribution in [3.05, 3.63) is 20.8 Å². The van der Waals surface area contributed by atoms with Crippen LogP contribution >= 0.6 is 23.1 Å². The zero-order valence-corrected chi connectivity index (χ0v) is 16.7. The van der Waals surface area contributed by atoms with Crippen molar-refractivity contribution < 1.29 is 4.79 Å². The van der Waals surface area contributed by atoms with Gasteiger partial charge in [-0.25, -0.2) is 4.98 Å². The summed E-state index contributed by atoms with van der Waals surface area (Å²) in [5.41, 5.74) is 0.993. The molecule has 5 nitrogen and oxygen atoms in total. The van der Waals surface area contributed by atoms with Crippen LogP contribution in [0.5, 0.6) is 0 Å². The lowest BCUT2D eigenvalue weighted by atomic mass is 10.2. The van der Waals surface area contributed by atoms with E-state index in [9.17, 15) is 9.59 Å². The van der Waals surface area contributed by atoms with E-state index in [1.165, 1.54) is 23.1 Å². The molecule has 2 aromatic rings. The van der Waals surface area contributed by atoms with Crippen molar-refractivity contribution in [1.82, 2.24) is 14.9 Å². The van der Waals surface area contributed by atoms with Gasteiger partial charge in [-0.3, -0.25) is 14.2 Å². The summed E-state index contributed by atoms with van der Waals surface area (Å²) >= 11 is 2.89. The maximum absolute atomic E-state index is 13.0. The predicted octanol–water partition coefficient (Wildman–Crippen LogP) is 3.66. The Bertz CT molecular complexity index is 808. The molecule has 0 aliphatic heterocycles. The molecule has 0 fully saturated rings. The average molecular weight is 368 g/mol. The summed E-state index contributed by atoms with van der Waals surface area (Å²) in [6, 6.07) is -0.0117. The third-order valence-electron chi connectivity index (χ3n) is 3.92. The normalized spacial score (nSPS) is 12.8. The number of thioether (sulfide) groups is 1. The van der Waals surface area contributed by atoms with Crippen LogP contribution in [0.4, 0.5) is 0 Å². The number of fused-ring (bicyclic) bond motifs is 1. The van der Waals surface area contributed by atoms with Crippen LogP contribution in [0, 0.1) is 13.8 Å². The molecule has 0 aromatic carbocycles. The fourth-order valence-corrected chi connectivity index (χ4v) is 4.57. The number of aryl methyl sites for hydroxylation is 2. The van der Waals surface area contributed by atoms with Crippen molar-refractivity contribution in [3.63, 3.8) is 0 Å². The van der Waals surface area contributed by atoms with Gasteiger partial charge >= 0.3 is 0 Å². The molecule has 2 rings (SSSR count). The molecule has 0 aliphatic carbocycles. The minimum Gasteiger partial charge on any atom is -0.355 e. The van der Waals surface area contributed by atoms with Gasteiger partial charge in [-0.15, -0.1) is 11.3 Å². The third-order valence-corrected chi connectivity index (χ3v) is 6.09. The first-order chi connectivity index (χ1) is 11.3.